The van der Waals surface area contributed by atoms with Gasteiger partial charge < -0.3 is 4.90 Å². The number of pyridine rings is 1. The first-order valence-electron chi connectivity index (χ1n) is 10.5. The van der Waals surface area contributed by atoms with Crippen molar-refractivity contribution in [3.63, 3.8) is 0 Å². The second-order valence-corrected chi connectivity index (χ2v) is 10.9. The fourth-order valence-electron chi connectivity index (χ4n) is 3.70. The van der Waals surface area contributed by atoms with Crippen LogP contribution in [0.3, 0.4) is 0 Å². The Bertz CT molecular complexity index is 1340. The highest BCUT2D eigenvalue weighted by atomic mass is 32.2. The Morgan fingerprint density at radius 1 is 0.778 bits per heavy atom. The minimum Gasteiger partial charge on any atom is -0.369 e. The van der Waals surface area contributed by atoms with Gasteiger partial charge in [0.05, 0.1) is 9.60 Å². The van der Waals surface area contributed by atoms with Crippen LogP contribution in [0.2, 0.25) is 0 Å². The molecule has 2 aromatic carbocycles. The summed E-state index contributed by atoms with van der Waals surface area (Å²) in [7, 11) is -4.65. The summed E-state index contributed by atoms with van der Waals surface area (Å²) in [5, 5.41) is 0. The van der Waals surface area contributed by atoms with Crippen LogP contribution >= 0.6 is 25.3 Å². The molecular formula is C22H20F5N4O2S3+. The van der Waals surface area contributed by atoms with Crippen molar-refractivity contribution in [2.45, 2.75) is 9.60 Å². The van der Waals surface area contributed by atoms with Gasteiger partial charge in [-0.1, -0.05) is 0 Å². The predicted molar refractivity (Wildman–Crippen MR) is 131 cm³/mol. The van der Waals surface area contributed by atoms with E-state index in [1.165, 1.54) is 16.9 Å². The minimum atomic E-state index is -4.65. The van der Waals surface area contributed by atoms with Crippen LogP contribution in [0.5, 0.6) is 0 Å². The molecule has 0 amide bonds. The van der Waals surface area contributed by atoms with Crippen molar-refractivity contribution >= 4 is 46.7 Å². The molecule has 0 bridgehead atoms. The van der Waals surface area contributed by atoms with Crippen molar-refractivity contribution in [2.24, 2.45) is 0 Å². The molecule has 0 aliphatic carbocycles. The molecule has 14 heteroatoms. The lowest BCUT2D eigenvalue weighted by molar-refractivity contribution is -0.595. The van der Waals surface area contributed by atoms with Crippen molar-refractivity contribution in [3.05, 3.63) is 77.9 Å². The smallest absolute Gasteiger partial charge is 0.262 e. The summed E-state index contributed by atoms with van der Waals surface area (Å²) in [5.41, 5.74) is -0.0675. The van der Waals surface area contributed by atoms with Gasteiger partial charge in [0.15, 0.2) is 35.7 Å². The van der Waals surface area contributed by atoms with Crippen molar-refractivity contribution in [1.29, 1.82) is 0 Å². The first kappa shape index (κ1) is 26.5. The molecule has 4 rings (SSSR count). The Labute approximate surface area is 215 Å². The van der Waals surface area contributed by atoms with Crippen LogP contribution in [0.25, 0.3) is 5.69 Å². The second kappa shape index (κ2) is 10.4. The van der Waals surface area contributed by atoms with Gasteiger partial charge in [0.25, 0.3) is 10.0 Å². The van der Waals surface area contributed by atoms with Gasteiger partial charge in [0, 0.05) is 56.1 Å². The first-order chi connectivity index (χ1) is 17.0. The average Bonchev–Trinajstić information content (AvgIpc) is 2.89. The molecule has 1 aromatic heterocycles. The molecule has 0 radical (unpaired) electrons. The molecule has 2 heterocycles. The van der Waals surface area contributed by atoms with Crippen LogP contribution in [0, 0.1) is 29.1 Å². The maximum Gasteiger partial charge on any atom is 0.262 e. The third-order valence-corrected chi connectivity index (χ3v) is 7.73. The van der Waals surface area contributed by atoms with Crippen LogP contribution in [-0.4, -0.2) is 44.2 Å². The number of aromatic nitrogens is 1. The normalized spacial score (nSPS) is 14.9. The molecule has 0 unspecified atom stereocenters. The van der Waals surface area contributed by atoms with Gasteiger partial charge in [-0.15, -0.1) is 25.3 Å². The standard InChI is InChI=1S/C22H19F5N4O2S3/c23-16-17(24)19(26)21(20(27)18(16)25)28-36(32,33)15-3-1-13(2-4-15)29-7-5-14(6-8-29)30-9-11-31(12-10-30)22(34)35/h1-8,22,28H,9-12H2,(H-,34,35)/p+1. The van der Waals surface area contributed by atoms with E-state index in [2.05, 4.69) is 35.1 Å². The molecule has 1 aliphatic rings. The molecule has 1 N–H and O–H groups in total. The molecule has 6 nitrogen and oxygen atoms in total. The summed E-state index contributed by atoms with van der Waals surface area (Å²) in [6, 6.07) is 8.98. The lowest BCUT2D eigenvalue weighted by atomic mass is 10.2. The summed E-state index contributed by atoms with van der Waals surface area (Å²) in [6.45, 7) is 3.26. The number of thiol groups is 2. The van der Waals surface area contributed by atoms with Gasteiger partial charge in [0.1, 0.15) is 5.69 Å². The SMILES string of the molecule is O=S(=O)(Nc1c(F)c(F)c(F)c(F)c1F)c1ccc(-[n+]2ccc(N3CCN(C(S)S)CC3)cc2)cc1. The van der Waals surface area contributed by atoms with E-state index in [9.17, 15) is 30.4 Å². The Morgan fingerprint density at radius 3 is 1.78 bits per heavy atom. The van der Waals surface area contributed by atoms with E-state index in [0.29, 0.717) is 5.69 Å². The van der Waals surface area contributed by atoms with E-state index in [-0.39, 0.29) is 4.71 Å². The molecule has 1 saturated heterocycles. The minimum absolute atomic E-state index is 0.108. The van der Waals surface area contributed by atoms with Crippen LogP contribution in [0.4, 0.5) is 33.3 Å². The molecule has 0 saturated carbocycles. The molecular weight excluding hydrogens is 543 g/mol. The van der Waals surface area contributed by atoms with Gasteiger partial charge in [-0.25, -0.2) is 30.4 Å². The zero-order valence-corrected chi connectivity index (χ0v) is 21.0. The number of rotatable bonds is 6. The Kier molecular flexibility index (Phi) is 7.69. The average molecular weight is 564 g/mol. The van der Waals surface area contributed by atoms with Crippen molar-refractivity contribution < 1.29 is 34.9 Å². The summed E-state index contributed by atoms with van der Waals surface area (Å²) in [5.74, 6) is -11.4. The number of hydrogen-bond donors (Lipinski definition) is 3. The van der Waals surface area contributed by atoms with Gasteiger partial charge >= 0.3 is 0 Å². The fourth-order valence-corrected chi connectivity index (χ4v) is 5.22. The highest BCUT2D eigenvalue weighted by Gasteiger charge is 2.29. The molecule has 1 fully saturated rings. The van der Waals surface area contributed by atoms with Gasteiger partial charge in [0.2, 0.25) is 11.5 Å². The monoisotopic (exact) mass is 563 g/mol. The number of halogens is 5. The quantitative estimate of drug-likeness (QED) is 0.107. The zero-order chi connectivity index (χ0) is 26.2. The third kappa shape index (κ3) is 5.26. The zero-order valence-electron chi connectivity index (χ0n) is 18.4. The number of piperazine rings is 1. The van der Waals surface area contributed by atoms with Gasteiger partial charge in [-0.2, -0.15) is 4.57 Å². The molecule has 3 aromatic rings. The maximum absolute atomic E-state index is 13.9. The first-order valence-corrected chi connectivity index (χ1v) is 13.0. The summed E-state index contributed by atoms with van der Waals surface area (Å²) in [6.07, 6.45) is 3.58. The highest BCUT2D eigenvalue weighted by molar-refractivity contribution is 7.99. The molecule has 1 aliphatic heterocycles. The van der Waals surface area contributed by atoms with Gasteiger partial charge in [-0.3, -0.25) is 9.62 Å². The Morgan fingerprint density at radius 2 is 1.28 bits per heavy atom. The number of sulfonamides is 1. The summed E-state index contributed by atoms with van der Waals surface area (Å²) >= 11 is 8.66. The van der Waals surface area contributed by atoms with Crippen LogP contribution in [0.1, 0.15) is 0 Å². The predicted octanol–water partition coefficient (Wildman–Crippen LogP) is 3.72. The largest absolute Gasteiger partial charge is 0.369 e. The number of benzene rings is 2. The number of anilines is 2. The molecule has 192 valence electrons. The summed E-state index contributed by atoms with van der Waals surface area (Å²) in [4.78, 5) is 3.92. The Hall–Kier alpha value is -2.55. The Balaban J connectivity index is 1.49. The van der Waals surface area contributed by atoms with Crippen molar-refractivity contribution in [2.75, 3.05) is 35.8 Å². The van der Waals surface area contributed by atoms with Crippen LogP contribution < -0.4 is 14.2 Å². The summed E-state index contributed by atoms with van der Waals surface area (Å²) < 4.78 is 96.0. The van der Waals surface area contributed by atoms with E-state index in [1.807, 2.05) is 12.1 Å². The van der Waals surface area contributed by atoms with E-state index < -0.39 is 49.7 Å². The topological polar surface area (TPSA) is 56.5 Å². The van der Waals surface area contributed by atoms with Gasteiger partial charge in [-0.05, 0) is 12.1 Å². The molecule has 36 heavy (non-hydrogen) atoms. The lowest BCUT2D eigenvalue weighted by Crippen LogP contribution is -2.48. The van der Waals surface area contributed by atoms with Crippen molar-refractivity contribution in [3.8, 4) is 5.69 Å². The number of hydrogen-bond acceptors (Lipinski definition) is 6. The lowest BCUT2D eigenvalue weighted by Gasteiger charge is -2.37. The van der Waals surface area contributed by atoms with Crippen molar-refractivity contribution in [1.82, 2.24) is 4.90 Å². The fraction of sp³-hybridized carbons (Fsp3) is 0.227. The van der Waals surface area contributed by atoms with Crippen LogP contribution in [0.15, 0.2) is 53.7 Å². The molecule has 0 atom stereocenters. The van der Waals surface area contributed by atoms with E-state index in [0.717, 1.165) is 44.0 Å². The second-order valence-electron chi connectivity index (χ2n) is 7.88. The number of nitrogens with one attached hydrogen (secondary N) is 1. The highest BCUT2D eigenvalue weighted by Crippen LogP contribution is 2.29. The van der Waals surface area contributed by atoms with Crippen LogP contribution in [-0.2, 0) is 10.0 Å². The van der Waals surface area contributed by atoms with E-state index >= 15 is 0 Å². The van der Waals surface area contributed by atoms with E-state index in [4.69, 9.17) is 0 Å². The molecule has 0 spiro atoms. The number of nitrogens with zero attached hydrogens (tertiary/aromatic N) is 3. The maximum atomic E-state index is 13.9. The third-order valence-electron chi connectivity index (χ3n) is 5.71. The van der Waals surface area contributed by atoms with E-state index in [1.54, 1.807) is 17.0 Å².